The van der Waals surface area contributed by atoms with Crippen molar-refractivity contribution in [1.29, 1.82) is 0 Å². The first kappa shape index (κ1) is 9.50. The van der Waals surface area contributed by atoms with Crippen molar-refractivity contribution in [1.82, 2.24) is 10.6 Å². The molecule has 0 aromatic rings. The lowest BCUT2D eigenvalue weighted by molar-refractivity contribution is -0.151. The van der Waals surface area contributed by atoms with Crippen LogP contribution in [0.5, 0.6) is 0 Å². The third kappa shape index (κ3) is 2.43. The first-order chi connectivity index (χ1) is 6.11. The molecule has 2 amide bonds. The Morgan fingerprint density at radius 1 is 1.54 bits per heavy atom. The molecule has 0 aromatic carbocycles. The largest absolute Gasteiger partial charge is 0.474 e. The molecular formula is C7H10N2O4. The van der Waals surface area contributed by atoms with Gasteiger partial charge in [0, 0.05) is 6.54 Å². The SMILES string of the molecule is O=C(O)C(=O)NC1CCCNC1=O. The predicted octanol–water partition coefficient (Wildman–Crippen LogP) is -1.53. The number of aliphatic carboxylic acids is 1. The van der Waals surface area contributed by atoms with Gasteiger partial charge in [-0.1, -0.05) is 0 Å². The lowest BCUT2D eigenvalue weighted by Gasteiger charge is -2.21. The summed E-state index contributed by atoms with van der Waals surface area (Å²) in [6, 6.07) is -0.697. The molecule has 0 spiro atoms. The molecule has 1 fully saturated rings. The topological polar surface area (TPSA) is 95.5 Å². The summed E-state index contributed by atoms with van der Waals surface area (Å²) in [5.74, 6) is -3.03. The summed E-state index contributed by atoms with van der Waals surface area (Å²) in [7, 11) is 0. The zero-order valence-electron chi connectivity index (χ0n) is 6.87. The number of hydrogen-bond acceptors (Lipinski definition) is 3. The quantitative estimate of drug-likeness (QED) is 0.433. The molecule has 3 N–H and O–H groups in total. The number of carboxylic acid groups (broad SMARTS) is 1. The number of hydrogen-bond donors (Lipinski definition) is 3. The minimum absolute atomic E-state index is 0.319. The van der Waals surface area contributed by atoms with Gasteiger partial charge in [0.15, 0.2) is 0 Å². The fraction of sp³-hybridized carbons (Fsp3) is 0.571. The van der Waals surface area contributed by atoms with Crippen molar-refractivity contribution in [3.63, 3.8) is 0 Å². The molecule has 1 atom stereocenters. The van der Waals surface area contributed by atoms with Crippen LogP contribution in [-0.2, 0) is 14.4 Å². The molecule has 1 rings (SSSR count). The molecule has 6 heteroatoms. The fourth-order valence-corrected chi connectivity index (χ4v) is 1.13. The average molecular weight is 186 g/mol. The van der Waals surface area contributed by atoms with Gasteiger partial charge >= 0.3 is 11.9 Å². The van der Waals surface area contributed by atoms with Gasteiger partial charge in [-0.15, -0.1) is 0 Å². The van der Waals surface area contributed by atoms with Crippen LogP contribution in [0.3, 0.4) is 0 Å². The summed E-state index contributed by atoms with van der Waals surface area (Å²) in [5.41, 5.74) is 0. The lowest BCUT2D eigenvalue weighted by atomic mass is 10.1. The van der Waals surface area contributed by atoms with E-state index < -0.39 is 17.9 Å². The third-order valence-electron chi connectivity index (χ3n) is 1.78. The second kappa shape index (κ2) is 3.88. The van der Waals surface area contributed by atoms with Gasteiger partial charge < -0.3 is 15.7 Å². The molecule has 13 heavy (non-hydrogen) atoms. The monoisotopic (exact) mass is 186 g/mol. The van der Waals surface area contributed by atoms with Gasteiger partial charge in [-0.25, -0.2) is 4.79 Å². The van der Waals surface area contributed by atoms with Gasteiger partial charge in [0.05, 0.1) is 0 Å². The van der Waals surface area contributed by atoms with Crippen LogP contribution in [0.2, 0.25) is 0 Å². The number of nitrogens with one attached hydrogen (secondary N) is 2. The second-order valence-electron chi connectivity index (χ2n) is 2.76. The van der Waals surface area contributed by atoms with E-state index in [-0.39, 0.29) is 5.91 Å². The smallest absolute Gasteiger partial charge is 0.394 e. The van der Waals surface area contributed by atoms with Crippen LogP contribution in [0.15, 0.2) is 0 Å². The molecule has 1 saturated heterocycles. The Bertz CT molecular complexity index is 251. The molecule has 1 unspecified atom stereocenters. The van der Waals surface area contributed by atoms with E-state index in [1.807, 2.05) is 0 Å². The van der Waals surface area contributed by atoms with Crippen molar-refractivity contribution >= 4 is 17.8 Å². The number of piperidine rings is 1. The molecule has 72 valence electrons. The molecule has 0 aliphatic carbocycles. The lowest BCUT2D eigenvalue weighted by Crippen LogP contribution is -2.51. The van der Waals surface area contributed by atoms with Gasteiger partial charge in [0.25, 0.3) is 0 Å². The molecule has 6 nitrogen and oxygen atoms in total. The Morgan fingerprint density at radius 3 is 2.77 bits per heavy atom. The van der Waals surface area contributed by atoms with Gasteiger partial charge in [0.1, 0.15) is 6.04 Å². The first-order valence-corrected chi connectivity index (χ1v) is 3.93. The molecule has 0 radical (unpaired) electrons. The van der Waals surface area contributed by atoms with Gasteiger partial charge in [-0.2, -0.15) is 0 Å². The van der Waals surface area contributed by atoms with Crippen molar-refractivity contribution in [3.05, 3.63) is 0 Å². The van der Waals surface area contributed by atoms with E-state index in [1.165, 1.54) is 0 Å². The highest BCUT2D eigenvalue weighted by Gasteiger charge is 2.25. The first-order valence-electron chi connectivity index (χ1n) is 3.93. The van der Waals surface area contributed by atoms with Crippen LogP contribution in [0.1, 0.15) is 12.8 Å². The summed E-state index contributed by atoms with van der Waals surface area (Å²) in [6.45, 7) is 0.582. The van der Waals surface area contributed by atoms with E-state index in [1.54, 1.807) is 0 Å². The van der Waals surface area contributed by atoms with Crippen LogP contribution < -0.4 is 10.6 Å². The molecule has 0 aromatic heterocycles. The Labute approximate surface area is 74.3 Å². The van der Waals surface area contributed by atoms with Crippen LogP contribution in [-0.4, -0.2) is 35.5 Å². The van der Waals surface area contributed by atoms with E-state index in [2.05, 4.69) is 10.6 Å². The maximum atomic E-state index is 11.0. The number of carboxylic acids is 1. The average Bonchev–Trinajstić information content (AvgIpc) is 2.08. The summed E-state index contributed by atoms with van der Waals surface area (Å²) < 4.78 is 0. The number of amides is 2. The van der Waals surface area contributed by atoms with Crippen molar-refractivity contribution in [3.8, 4) is 0 Å². The van der Waals surface area contributed by atoms with E-state index in [9.17, 15) is 14.4 Å². The minimum Gasteiger partial charge on any atom is -0.474 e. The van der Waals surface area contributed by atoms with Gasteiger partial charge in [-0.3, -0.25) is 9.59 Å². The fourth-order valence-electron chi connectivity index (χ4n) is 1.13. The normalized spacial score (nSPS) is 21.8. The van der Waals surface area contributed by atoms with Crippen molar-refractivity contribution in [2.45, 2.75) is 18.9 Å². The van der Waals surface area contributed by atoms with E-state index >= 15 is 0 Å². The van der Waals surface area contributed by atoms with Gasteiger partial charge in [0.2, 0.25) is 5.91 Å². The molecule has 0 saturated carbocycles. The Kier molecular flexibility index (Phi) is 2.84. The van der Waals surface area contributed by atoms with E-state index in [4.69, 9.17) is 5.11 Å². The highest BCUT2D eigenvalue weighted by molar-refractivity contribution is 6.32. The van der Waals surface area contributed by atoms with Crippen LogP contribution in [0.4, 0.5) is 0 Å². The highest BCUT2D eigenvalue weighted by atomic mass is 16.4. The third-order valence-corrected chi connectivity index (χ3v) is 1.78. The van der Waals surface area contributed by atoms with E-state index in [0.717, 1.165) is 6.42 Å². The molecular weight excluding hydrogens is 176 g/mol. The Morgan fingerprint density at radius 2 is 2.23 bits per heavy atom. The zero-order valence-corrected chi connectivity index (χ0v) is 6.87. The highest BCUT2D eigenvalue weighted by Crippen LogP contribution is 2.02. The van der Waals surface area contributed by atoms with Crippen molar-refractivity contribution in [2.75, 3.05) is 6.54 Å². The summed E-state index contributed by atoms with van der Waals surface area (Å²) >= 11 is 0. The molecule has 1 aliphatic heterocycles. The molecule has 1 heterocycles. The standard InChI is InChI=1S/C7H10N2O4/c10-5-4(2-1-3-8-5)9-6(11)7(12)13/h4H,1-3H2,(H,8,10)(H,9,11)(H,12,13). The summed E-state index contributed by atoms with van der Waals surface area (Å²) in [6.07, 6.45) is 1.24. The van der Waals surface area contributed by atoms with Crippen LogP contribution in [0.25, 0.3) is 0 Å². The minimum atomic E-state index is -1.57. The Balaban J connectivity index is 2.47. The zero-order chi connectivity index (χ0) is 9.84. The van der Waals surface area contributed by atoms with Crippen LogP contribution >= 0.6 is 0 Å². The molecule has 1 aliphatic rings. The Hall–Kier alpha value is -1.59. The second-order valence-corrected chi connectivity index (χ2v) is 2.76. The predicted molar refractivity (Wildman–Crippen MR) is 41.8 cm³/mol. The summed E-state index contributed by atoms with van der Waals surface area (Å²) in [5, 5.41) is 12.9. The maximum Gasteiger partial charge on any atom is 0.394 e. The number of carbonyl (C=O) groups is 3. The van der Waals surface area contributed by atoms with Crippen molar-refractivity contribution < 1.29 is 19.5 Å². The van der Waals surface area contributed by atoms with E-state index in [0.29, 0.717) is 13.0 Å². The van der Waals surface area contributed by atoms with Gasteiger partial charge in [-0.05, 0) is 12.8 Å². The van der Waals surface area contributed by atoms with Crippen LogP contribution in [0, 0.1) is 0 Å². The number of rotatable bonds is 1. The number of carbonyl (C=O) groups excluding carboxylic acids is 2. The van der Waals surface area contributed by atoms with Crippen molar-refractivity contribution in [2.24, 2.45) is 0 Å². The summed E-state index contributed by atoms with van der Waals surface area (Å²) in [4.78, 5) is 31.8. The maximum absolute atomic E-state index is 11.0. The molecule has 0 bridgehead atoms.